The molecule has 0 saturated heterocycles. The number of aryl methyl sites for hydroxylation is 1. The molecule has 0 spiro atoms. The molecule has 0 fully saturated rings. The highest BCUT2D eigenvalue weighted by Gasteiger charge is 2.24. The van der Waals surface area contributed by atoms with E-state index < -0.39 is 0 Å². The molecule has 168 valence electrons. The van der Waals surface area contributed by atoms with E-state index in [4.69, 9.17) is 9.73 Å². The summed E-state index contributed by atoms with van der Waals surface area (Å²) in [5.41, 5.74) is 13.2. The van der Waals surface area contributed by atoms with E-state index >= 15 is 0 Å². The molecule has 2 heterocycles. The summed E-state index contributed by atoms with van der Waals surface area (Å²) in [7, 11) is 0. The molecule has 1 aromatic carbocycles. The fourth-order valence-electron chi connectivity index (χ4n) is 4.51. The number of esters is 1. The summed E-state index contributed by atoms with van der Waals surface area (Å²) in [6, 6.07) is 8.21. The average molecular weight is 431 g/mol. The zero-order chi connectivity index (χ0) is 23.6. The number of nitrogens with one attached hydrogen (secondary N) is 1. The van der Waals surface area contributed by atoms with Crippen LogP contribution in [0.15, 0.2) is 58.3 Å². The lowest BCUT2D eigenvalue weighted by Crippen LogP contribution is -2.05. The topological polar surface area (TPSA) is 54.4 Å². The Balaban J connectivity index is 2.12. The first-order valence-electron chi connectivity index (χ1n) is 11.3. The second-order valence-electron chi connectivity index (χ2n) is 8.51. The van der Waals surface area contributed by atoms with E-state index in [1.54, 1.807) is 6.92 Å². The molecule has 4 heteroatoms. The zero-order valence-electron chi connectivity index (χ0n) is 20.4. The molecule has 3 rings (SSSR count). The van der Waals surface area contributed by atoms with Crippen LogP contribution in [0.2, 0.25) is 0 Å². The Hall–Kier alpha value is -3.14. The quantitative estimate of drug-likeness (QED) is 0.389. The molecule has 4 nitrogen and oxygen atoms in total. The first-order chi connectivity index (χ1) is 15.2. The van der Waals surface area contributed by atoms with Gasteiger partial charge in [0.1, 0.15) is 6.61 Å². The van der Waals surface area contributed by atoms with Gasteiger partial charge in [0.2, 0.25) is 0 Å². The molecule has 0 unspecified atom stereocenters. The van der Waals surface area contributed by atoms with Gasteiger partial charge < -0.3 is 9.72 Å². The number of carbonyl (C=O) groups excluding carboxylic acids is 1. The van der Waals surface area contributed by atoms with Crippen LogP contribution in [-0.4, -0.2) is 16.7 Å². The van der Waals surface area contributed by atoms with Crippen LogP contribution in [-0.2, 0) is 22.6 Å². The number of H-pyrrole nitrogens is 1. The van der Waals surface area contributed by atoms with Crippen LogP contribution in [0.25, 0.3) is 5.57 Å². The number of aliphatic imine (C=N–C) groups is 1. The standard InChI is InChI=1S/C28H34N2O2/c1-9-23-17(5)26(29-19(23)7)25(27-18(6)24(10-2)20(8)30-27)22-13-11-21(12-14-22)15-32-28(31)16(3)4/h11-14,29H,3,9-10,15H2,1-2,4-8H3/b27-25-. The van der Waals surface area contributed by atoms with E-state index in [0.717, 1.165) is 46.6 Å². The summed E-state index contributed by atoms with van der Waals surface area (Å²) in [5, 5.41) is 0. The maximum absolute atomic E-state index is 11.7. The Bertz CT molecular complexity index is 1150. The molecule has 0 saturated carbocycles. The summed E-state index contributed by atoms with van der Waals surface area (Å²) in [4.78, 5) is 20.4. The van der Waals surface area contributed by atoms with E-state index in [2.05, 4.69) is 65.2 Å². The number of nitrogens with zero attached hydrogens (tertiary/aromatic N) is 1. The summed E-state index contributed by atoms with van der Waals surface area (Å²) < 4.78 is 5.30. The fraction of sp³-hybridized carbons (Fsp3) is 0.357. The molecule has 1 N–H and O–H groups in total. The zero-order valence-corrected chi connectivity index (χ0v) is 20.4. The van der Waals surface area contributed by atoms with Gasteiger partial charge in [0.25, 0.3) is 0 Å². The van der Waals surface area contributed by atoms with E-state index in [0.29, 0.717) is 5.57 Å². The number of carbonyl (C=O) groups is 1. The highest BCUT2D eigenvalue weighted by atomic mass is 16.5. The number of allylic oxidation sites excluding steroid dienone is 2. The fourth-order valence-corrected chi connectivity index (χ4v) is 4.51. The summed E-state index contributed by atoms with van der Waals surface area (Å²) in [6.45, 7) is 18.5. The first kappa shape index (κ1) is 23.5. The van der Waals surface area contributed by atoms with E-state index in [-0.39, 0.29) is 12.6 Å². The lowest BCUT2D eigenvalue weighted by molar-refractivity contribution is -0.140. The smallest absolute Gasteiger partial charge is 0.333 e. The monoisotopic (exact) mass is 430 g/mol. The van der Waals surface area contributed by atoms with Gasteiger partial charge in [-0.3, -0.25) is 4.99 Å². The van der Waals surface area contributed by atoms with Gasteiger partial charge in [0, 0.05) is 22.6 Å². The van der Waals surface area contributed by atoms with Gasteiger partial charge in [-0.25, -0.2) is 4.79 Å². The SMILES string of the molecule is C=C(C)C(=O)OCc1ccc(/C(=C2/N=C(C)C(CC)=C2C)c2[nH]c(C)c(CC)c2C)cc1. The van der Waals surface area contributed by atoms with E-state index in [9.17, 15) is 4.79 Å². The van der Waals surface area contributed by atoms with Gasteiger partial charge in [0.15, 0.2) is 0 Å². The molecule has 0 bridgehead atoms. The minimum Gasteiger partial charge on any atom is -0.457 e. The molecular weight excluding hydrogens is 396 g/mol. The van der Waals surface area contributed by atoms with Crippen LogP contribution >= 0.6 is 0 Å². The molecule has 32 heavy (non-hydrogen) atoms. The van der Waals surface area contributed by atoms with Crippen molar-refractivity contribution in [3.8, 4) is 0 Å². The lowest BCUT2D eigenvalue weighted by Gasteiger charge is -2.14. The summed E-state index contributed by atoms with van der Waals surface area (Å²) in [5.74, 6) is -0.370. The number of ether oxygens (including phenoxy) is 1. The van der Waals surface area contributed by atoms with Crippen molar-refractivity contribution in [2.75, 3.05) is 0 Å². The molecule has 0 aliphatic carbocycles. The van der Waals surface area contributed by atoms with Gasteiger partial charge >= 0.3 is 5.97 Å². The molecule has 0 radical (unpaired) electrons. The second-order valence-corrected chi connectivity index (χ2v) is 8.51. The van der Waals surface area contributed by atoms with Crippen LogP contribution in [0.3, 0.4) is 0 Å². The Morgan fingerprint density at radius 1 is 1.06 bits per heavy atom. The average Bonchev–Trinajstić information content (AvgIpc) is 3.21. The molecular formula is C28H34N2O2. The van der Waals surface area contributed by atoms with Crippen molar-refractivity contribution in [2.24, 2.45) is 4.99 Å². The van der Waals surface area contributed by atoms with Crippen LogP contribution < -0.4 is 0 Å². The van der Waals surface area contributed by atoms with Gasteiger partial charge in [0.05, 0.1) is 11.4 Å². The molecule has 1 aliphatic rings. The number of hydrogen-bond acceptors (Lipinski definition) is 3. The number of aromatic amines is 1. The molecule has 2 aromatic rings. The minimum absolute atomic E-state index is 0.231. The summed E-state index contributed by atoms with van der Waals surface area (Å²) in [6.07, 6.45) is 1.95. The Kier molecular flexibility index (Phi) is 7.02. The van der Waals surface area contributed by atoms with Gasteiger partial charge in [-0.1, -0.05) is 44.7 Å². The Morgan fingerprint density at radius 2 is 1.72 bits per heavy atom. The summed E-state index contributed by atoms with van der Waals surface area (Å²) >= 11 is 0. The Morgan fingerprint density at radius 3 is 2.22 bits per heavy atom. The number of aromatic nitrogens is 1. The third-order valence-corrected chi connectivity index (χ3v) is 6.27. The molecule has 0 amide bonds. The number of hydrogen-bond donors (Lipinski definition) is 1. The van der Waals surface area contributed by atoms with Crippen LogP contribution in [0.1, 0.15) is 74.7 Å². The van der Waals surface area contributed by atoms with Gasteiger partial charge in [-0.05, 0) is 80.9 Å². The number of rotatable bonds is 7. The highest BCUT2D eigenvalue weighted by Crippen LogP contribution is 2.38. The normalized spacial score (nSPS) is 15.2. The van der Waals surface area contributed by atoms with Crippen LogP contribution in [0.4, 0.5) is 0 Å². The van der Waals surface area contributed by atoms with Crippen molar-refractivity contribution in [3.63, 3.8) is 0 Å². The van der Waals surface area contributed by atoms with Crippen molar-refractivity contribution >= 4 is 17.3 Å². The molecule has 1 aliphatic heterocycles. The Labute approximate surface area is 191 Å². The second kappa shape index (κ2) is 9.56. The maximum atomic E-state index is 11.7. The maximum Gasteiger partial charge on any atom is 0.333 e. The highest BCUT2D eigenvalue weighted by molar-refractivity contribution is 6.05. The van der Waals surface area contributed by atoms with Crippen molar-refractivity contribution in [2.45, 2.75) is 67.9 Å². The van der Waals surface area contributed by atoms with Crippen molar-refractivity contribution in [1.82, 2.24) is 4.98 Å². The predicted octanol–water partition coefficient (Wildman–Crippen LogP) is 6.77. The predicted molar refractivity (Wildman–Crippen MR) is 133 cm³/mol. The lowest BCUT2D eigenvalue weighted by atomic mass is 9.93. The third kappa shape index (κ3) is 4.40. The third-order valence-electron chi connectivity index (χ3n) is 6.27. The van der Waals surface area contributed by atoms with Crippen molar-refractivity contribution in [3.05, 3.63) is 86.9 Å². The van der Waals surface area contributed by atoms with E-state index in [1.165, 1.54) is 28.0 Å². The largest absolute Gasteiger partial charge is 0.457 e. The van der Waals surface area contributed by atoms with Crippen molar-refractivity contribution < 1.29 is 9.53 Å². The van der Waals surface area contributed by atoms with Gasteiger partial charge in [-0.15, -0.1) is 0 Å². The minimum atomic E-state index is -0.370. The van der Waals surface area contributed by atoms with Crippen molar-refractivity contribution in [1.29, 1.82) is 0 Å². The molecule has 0 atom stereocenters. The first-order valence-corrected chi connectivity index (χ1v) is 11.3. The van der Waals surface area contributed by atoms with Gasteiger partial charge in [-0.2, -0.15) is 0 Å². The van der Waals surface area contributed by atoms with Crippen LogP contribution in [0, 0.1) is 13.8 Å². The van der Waals surface area contributed by atoms with Crippen LogP contribution in [0.5, 0.6) is 0 Å². The molecule has 1 aromatic heterocycles. The number of benzene rings is 1. The van der Waals surface area contributed by atoms with E-state index in [1.807, 2.05) is 12.1 Å².